The lowest BCUT2D eigenvalue weighted by Gasteiger charge is -2.09. The molecule has 110 valence electrons. The summed E-state index contributed by atoms with van der Waals surface area (Å²) >= 11 is 5.98. The highest BCUT2D eigenvalue weighted by molar-refractivity contribution is 6.16. The van der Waals surface area contributed by atoms with Gasteiger partial charge >= 0.3 is 0 Å². The van der Waals surface area contributed by atoms with Crippen LogP contribution in [0.4, 0.5) is 0 Å². The maximum absolute atomic E-state index is 5.98. The zero-order valence-electron chi connectivity index (χ0n) is 12.4. The monoisotopic (exact) mass is 295 g/mol. The first kappa shape index (κ1) is 15.3. The average molecular weight is 296 g/mol. The molecule has 0 N–H and O–H groups in total. The molecule has 0 unspecified atom stereocenters. The van der Waals surface area contributed by atoms with Crippen LogP contribution in [0.15, 0.2) is 12.1 Å². The van der Waals surface area contributed by atoms with Crippen molar-refractivity contribution in [2.45, 2.75) is 39.6 Å². The molecule has 0 saturated heterocycles. The Balaban J connectivity index is 2.06. The third kappa shape index (κ3) is 3.70. The van der Waals surface area contributed by atoms with Gasteiger partial charge in [0.05, 0.1) is 5.88 Å². The Labute approximate surface area is 125 Å². The van der Waals surface area contributed by atoms with Gasteiger partial charge in [-0.2, -0.15) is 0 Å². The van der Waals surface area contributed by atoms with Gasteiger partial charge in [-0.3, -0.25) is 0 Å². The molecule has 0 aliphatic rings. The molecule has 4 nitrogen and oxygen atoms in total. The Hall–Kier alpha value is -1.13. The molecule has 0 aromatic carbocycles. The minimum Gasteiger partial charge on any atom is -0.381 e. The van der Waals surface area contributed by atoms with Crippen molar-refractivity contribution >= 4 is 22.8 Å². The molecule has 0 aliphatic carbocycles. The lowest BCUT2D eigenvalue weighted by atomic mass is 10.2. The van der Waals surface area contributed by atoms with Crippen molar-refractivity contribution in [3.63, 3.8) is 0 Å². The van der Waals surface area contributed by atoms with Gasteiger partial charge in [-0.25, -0.2) is 9.97 Å². The number of hydrogen-bond donors (Lipinski definition) is 0. The summed E-state index contributed by atoms with van der Waals surface area (Å²) in [5.41, 5.74) is 2.83. The van der Waals surface area contributed by atoms with E-state index < -0.39 is 0 Å². The number of aromatic nitrogens is 3. The first-order valence-electron chi connectivity index (χ1n) is 7.08. The molecule has 2 heterocycles. The first-order valence-corrected chi connectivity index (χ1v) is 7.61. The Morgan fingerprint density at radius 1 is 1.30 bits per heavy atom. The lowest BCUT2D eigenvalue weighted by molar-refractivity contribution is 0.105. The summed E-state index contributed by atoms with van der Waals surface area (Å²) < 4.78 is 7.72. The van der Waals surface area contributed by atoms with Gasteiger partial charge in [-0.1, -0.05) is 13.8 Å². The van der Waals surface area contributed by atoms with Crippen molar-refractivity contribution < 1.29 is 4.74 Å². The molecule has 0 fully saturated rings. The van der Waals surface area contributed by atoms with Crippen molar-refractivity contribution in [2.75, 3.05) is 13.2 Å². The van der Waals surface area contributed by atoms with E-state index in [4.69, 9.17) is 16.3 Å². The topological polar surface area (TPSA) is 39.9 Å². The number of nitrogens with zero attached hydrogens (tertiary/aromatic N) is 3. The summed E-state index contributed by atoms with van der Waals surface area (Å²) in [5, 5.41) is 0. The average Bonchev–Trinajstić information content (AvgIpc) is 2.75. The number of fused-ring (bicyclic) bond motifs is 1. The summed E-state index contributed by atoms with van der Waals surface area (Å²) in [4.78, 5) is 9.10. The number of hydrogen-bond acceptors (Lipinski definition) is 3. The Bertz CT molecular complexity index is 565. The zero-order valence-corrected chi connectivity index (χ0v) is 13.2. The highest BCUT2D eigenvalue weighted by atomic mass is 35.5. The number of ether oxygens (including phenoxy) is 1. The smallest absolute Gasteiger partial charge is 0.160 e. The van der Waals surface area contributed by atoms with Crippen LogP contribution in [0.3, 0.4) is 0 Å². The van der Waals surface area contributed by atoms with Crippen LogP contribution in [0.5, 0.6) is 0 Å². The van der Waals surface area contributed by atoms with E-state index >= 15 is 0 Å². The van der Waals surface area contributed by atoms with E-state index in [1.54, 1.807) is 0 Å². The van der Waals surface area contributed by atoms with Gasteiger partial charge in [0, 0.05) is 25.5 Å². The molecular weight excluding hydrogens is 274 g/mol. The predicted octanol–water partition coefficient (Wildman–Crippen LogP) is 3.54. The number of pyridine rings is 1. The standard InChI is InChI=1S/C15H22ClN3O/c1-11(2)10-20-8-4-7-19-14(9-16)18-13-6-5-12(3)17-15(13)19/h5-6,11H,4,7-10H2,1-3H3. The second-order valence-corrected chi connectivity index (χ2v) is 5.70. The molecule has 0 amide bonds. The van der Waals surface area contributed by atoms with Gasteiger partial charge in [-0.15, -0.1) is 11.6 Å². The van der Waals surface area contributed by atoms with Crippen LogP contribution in [-0.4, -0.2) is 27.7 Å². The third-order valence-electron chi connectivity index (χ3n) is 3.05. The molecule has 0 bridgehead atoms. The number of rotatable bonds is 7. The summed E-state index contributed by atoms with van der Waals surface area (Å²) in [6, 6.07) is 3.98. The van der Waals surface area contributed by atoms with Gasteiger partial charge < -0.3 is 9.30 Å². The molecule has 20 heavy (non-hydrogen) atoms. The number of aryl methyl sites for hydroxylation is 2. The van der Waals surface area contributed by atoms with Crippen molar-refractivity contribution in [1.29, 1.82) is 0 Å². The van der Waals surface area contributed by atoms with E-state index in [1.165, 1.54) is 0 Å². The van der Waals surface area contributed by atoms with Gasteiger partial charge in [0.1, 0.15) is 11.3 Å². The number of alkyl halides is 1. The van der Waals surface area contributed by atoms with Crippen LogP contribution in [0.1, 0.15) is 31.8 Å². The van der Waals surface area contributed by atoms with E-state index in [1.807, 2.05) is 19.1 Å². The van der Waals surface area contributed by atoms with Crippen molar-refractivity contribution in [3.05, 3.63) is 23.7 Å². The van der Waals surface area contributed by atoms with Gasteiger partial charge in [0.15, 0.2) is 5.65 Å². The minimum absolute atomic E-state index is 0.405. The molecule has 2 aromatic heterocycles. The zero-order chi connectivity index (χ0) is 14.5. The Kier molecular flexibility index (Phi) is 5.38. The van der Waals surface area contributed by atoms with Crippen LogP contribution in [0.25, 0.3) is 11.2 Å². The van der Waals surface area contributed by atoms with Crippen molar-refractivity contribution in [1.82, 2.24) is 14.5 Å². The van der Waals surface area contributed by atoms with Crippen LogP contribution in [-0.2, 0) is 17.2 Å². The molecule has 2 aromatic rings. The second kappa shape index (κ2) is 7.04. The van der Waals surface area contributed by atoms with Crippen molar-refractivity contribution in [3.8, 4) is 0 Å². The summed E-state index contributed by atoms with van der Waals surface area (Å²) in [6.45, 7) is 8.70. The Morgan fingerprint density at radius 3 is 2.80 bits per heavy atom. The predicted molar refractivity (Wildman–Crippen MR) is 82.1 cm³/mol. The number of imidazole rings is 1. The van der Waals surface area contributed by atoms with Crippen molar-refractivity contribution in [2.24, 2.45) is 5.92 Å². The van der Waals surface area contributed by atoms with Crippen LogP contribution < -0.4 is 0 Å². The van der Waals surface area contributed by atoms with Gasteiger partial charge in [0.2, 0.25) is 0 Å². The minimum atomic E-state index is 0.405. The number of halogens is 1. The quantitative estimate of drug-likeness (QED) is 0.579. The second-order valence-electron chi connectivity index (χ2n) is 5.43. The van der Waals surface area contributed by atoms with E-state index in [2.05, 4.69) is 28.4 Å². The SMILES string of the molecule is Cc1ccc2nc(CCl)n(CCCOCC(C)C)c2n1. The highest BCUT2D eigenvalue weighted by Crippen LogP contribution is 2.17. The van der Waals surface area contributed by atoms with Gasteiger partial charge in [0.25, 0.3) is 0 Å². The van der Waals surface area contributed by atoms with Crippen LogP contribution in [0.2, 0.25) is 0 Å². The normalized spacial score (nSPS) is 11.7. The maximum Gasteiger partial charge on any atom is 0.160 e. The molecule has 0 atom stereocenters. The summed E-state index contributed by atoms with van der Waals surface area (Å²) in [5.74, 6) is 1.86. The van der Waals surface area contributed by atoms with Crippen LogP contribution >= 0.6 is 11.6 Å². The summed E-state index contributed by atoms with van der Waals surface area (Å²) in [6.07, 6.45) is 0.942. The first-order chi connectivity index (χ1) is 9.61. The lowest BCUT2D eigenvalue weighted by Crippen LogP contribution is -2.08. The molecule has 0 spiro atoms. The van der Waals surface area contributed by atoms with E-state index in [-0.39, 0.29) is 0 Å². The fraction of sp³-hybridized carbons (Fsp3) is 0.600. The van der Waals surface area contributed by atoms with Crippen LogP contribution in [0, 0.1) is 12.8 Å². The van der Waals surface area contributed by atoms with E-state index in [9.17, 15) is 0 Å². The highest BCUT2D eigenvalue weighted by Gasteiger charge is 2.11. The maximum atomic E-state index is 5.98. The van der Waals surface area contributed by atoms with Gasteiger partial charge in [-0.05, 0) is 31.4 Å². The third-order valence-corrected chi connectivity index (χ3v) is 3.29. The Morgan fingerprint density at radius 2 is 2.10 bits per heavy atom. The molecule has 5 heteroatoms. The summed E-state index contributed by atoms with van der Waals surface area (Å²) in [7, 11) is 0. The molecule has 0 saturated carbocycles. The largest absolute Gasteiger partial charge is 0.381 e. The molecular formula is C15H22ClN3O. The fourth-order valence-electron chi connectivity index (χ4n) is 2.12. The van der Waals surface area contributed by atoms with E-state index in [0.29, 0.717) is 11.8 Å². The molecule has 0 aliphatic heterocycles. The van der Waals surface area contributed by atoms with E-state index in [0.717, 1.165) is 48.9 Å². The molecule has 0 radical (unpaired) electrons. The molecule has 2 rings (SSSR count). The fourth-order valence-corrected chi connectivity index (χ4v) is 2.33.